The van der Waals surface area contributed by atoms with Gasteiger partial charge in [-0.05, 0) is 49.6 Å². The van der Waals surface area contributed by atoms with Gasteiger partial charge in [0.25, 0.3) is 11.8 Å². The molecule has 2 amide bonds. The second-order valence-electron chi connectivity index (χ2n) is 7.09. The first-order valence-corrected chi connectivity index (χ1v) is 9.70. The lowest BCUT2D eigenvalue weighted by atomic mass is 10.0. The predicted octanol–water partition coefficient (Wildman–Crippen LogP) is 3.97. The third-order valence-corrected chi connectivity index (χ3v) is 4.59. The SMILES string of the molecule is Cc1ccccc1C(=O)N[C@H](C(=O)OC(C)C(=O)Nc1cccc(Cl)c1)C(C)C. The molecule has 0 aromatic heterocycles. The lowest BCUT2D eigenvalue weighted by molar-refractivity contribution is -0.156. The molecule has 0 aliphatic heterocycles. The largest absolute Gasteiger partial charge is 0.451 e. The van der Waals surface area contributed by atoms with E-state index in [0.29, 0.717) is 16.3 Å². The molecule has 0 radical (unpaired) electrons. The summed E-state index contributed by atoms with van der Waals surface area (Å²) < 4.78 is 5.31. The Hall–Kier alpha value is -2.86. The van der Waals surface area contributed by atoms with Crippen LogP contribution in [0.1, 0.15) is 36.7 Å². The van der Waals surface area contributed by atoms with Gasteiger partial charge in [0.05, 0.1) is 0 Å². The normalized spacial score (nSPS) is 12.8. The van der Waals surface area contributed by atoms with Gasteiger partial charge in [-0.25, -0.2) is 4.79 Å². The van der Waals surface area contributed by atoms with Gasteiger partial charge in [-0.1, -0.05) is 49.7 Å². The van der Waals surface area contributed by atoms with Crippen LogP contribution in [0.25, 0.3) is 0 Å². The van der Waals surface area contributed by atoms with Gasteiger partial charge < -0.3 is 15.4 Å². The number of rotatable bonds is 7. The molecule has 2 rings (SSSR count). The third-order valence-electron chi connectivity index (χ3n) is 4.35. The molecule has 154 valence electrons. The first kappa shape index (κ1) is 22.4. The van der Waals surface area contributed by atoms with E-state index < -0.39 is 24.0 Å². The monoisotopic (exact) mass is 416 g/mol. The van der Waals surface area contributed by atoms with Gasteiger partial charge in [-0.3, -0.25) is 9.59 Å². The van der Waals surface area contributed by atoms with E-state index in [1.165, 1.54) is 6.92 Å². The minimum Gasteiger partial charge on any atom is -0.451 e. The van der Waals surface area contributed by atoms with Crippen LogP contribution in [0.15, 0.2) is 48.5 Å². The lowest BCUT2D eigenvalue weighted by Crippen LogP contribution is -2.47. The van der Waals surface area contributed by atoms with Gasteiger partial charge in [0, 0.05) is 16.3 Å². The second kappa shape index (κ2) is 10.1. The van der Waals surface area contributed by atoms with Crippen LogP contribution in [0.3, 0.4) is 0 Å². The first-order valence-electron chi connectivity index (χ1n) is 9.32. The summed E-state index contributed by atoms with van der Waals surface area (Å²) in [4.78, 5) is 37.5. The Balaban J connectivity index is 2.02. The molecule has 0 fully saturated rings. The van der Waals surface area contributed by atoms with Crippen LogP contribution in [0.4, 0.5) is 5.69 Å². The summed E-state index contributed by atoms with van der Waals surface area (Å²) in [6.45, 7) is 6.87. The molecule has 29 heavy (non-hydrogen) atoms. The lowest BCUT2D eigenvalue weighted by Gasteiger charge is -2.23. The van der Waals surface area contributed by atoms with Gasteiger partial charge in [-0.15, -0.1) is 0 Å². The van der Waals surface area contributed by atoms with Gasteiger partial charge in [-0.2, -0.15) is 0 Å². The summed E-state index contributed by atoms with van der Waals surface area (Å²) in [6.07, 6.45) is -1.04. The Morgan fingerprint density at radius 2 is 1.69 bits per heavy atom. The third kappa shape index (κ3) is 6.32. The van der Waals surface area contributed by atoms with Crippen LogP contribution in [0.2, 0.25) is 5.02 Å². The first-order chi connectivity index (χ1) is 13.7. The van der Waals surface area contributed by atoms with Crippen LogP contribution >= 0.6 is 11.6 Å². The number of aryl methyl sites for hydroxylation is 1. The Morgan fingerprint density at radius 3 is 2.31 bits per heavy atom. The second-order valence-corrected chi connectivity index (χ2v) is 7.53. The average Bonchev–Trinajstić information content (AvgIpc) is 2.65. The molecule has 2 N–H and O–H groups in total. The number of amides is 2. The maximum Gasteiger partial charge on any atom is 0.329 e. The Kier molecular flexibility index (Phi) is 7.79. The summed E-state index contributed by atoms with van der Waals surface area (Å²) in [6, 6.07) is 12.9. The van der Waals surface area contributed by atoms with E-state index in [4.69, 9.17) is 16.3 Å². The summed E-state index contributed by atoms with van der Waals surface area (Å²) in [5.74, 6) is -1.75. The van der Waals surface area contributed by atoms with Gasteiger partial charge in [0.2, 0.25) is 0 Å². The van der Waals surface area contributed by atoms with Crippen molar-refractivity contribution in [2.75, 3.05) is 5.32 Å². The van der Waals surface area contributed by atoms with Crippen LogP contribution in [-0.4, -0.2) is 29.9 Å². The highest BCUT2D eigenvalue weighted by atomic mass is 35.5. The maximum atomic E-state index is 12.6. The maximum absolute atomic E-state index is 12.6. The summed E-state index contributed by atoms with van der Waals surface area (Å²) in [5, 5.41) is 5.83. The van der Waals surface area contributed by atoms with E-state index in [-0.39, 0.29) is 11.8 Å². The molecule has 2 aromatic rings. The quantitative estimate of drug-likeness (QED) is 0.669. The van der Waals surface area contributed by atoms with E-state index in [1.54, 1.807) is 50.2 Å². The van der Waals surface area contributed by atoms with E-state index in [1.807, 2.05) is 19.1 Å². The Labute approximate surface area is 175 Å². The van der Waals surface area contributed by atoms with E-state index in [9.17, 15) is 14.4 Å². The molecule has 2 aromatic carbocycles. The van der Waals surface area contributed by atoms with Crippen molar-refractivity contribution in [3.05, 3.63) is 64.7 Å². The van der Waals surface area contributed by atoms with Crippen LogP contribution in [-0.2, 0) is 14.3 Å². The standard InChI is InChI=1S/C22H25ClN2O4/c1-13(2)19(25-21(27)18-11-6-5-8-14(18)3)22(28)29-15(4)20(26)24-17-10-7-9-16(23)12-17/h5-13,15,19H,1-4H3,(H,24,26)(H,25,27)/t15?,19-/m0/s1. The minimum atomic E-state index is -1.04. The molecule has 0 aliphatic carbocycles. The molecule has 1 unspecified atom stereocenters. The van der Waals surface area contributed by atoms with Gasteiger partial charge in [0.1, 0.15) is 6.04 Å². The average molecular weight is 417 g/mol. The zero-order valence-electron chi connectivity index (χ0n) is 16.9. The molecule has 0 bridgehead atoms. The number of carbonyl (C=O) groups excluding carboxylic acids is 3. The zero-order valence-corrected chi connectivity index (χ0v) is 17.6. The van der Waals surface area contributed by atoms with Gasteiger partial charge in [0.15, 0.2) is 6.10 Å². The number of benzene rings is 2. The fraction of sp³-hybridized carbons (Fsp3) is 0.318. The van der Waals surface area contributed by atoms with Crippen LogP contribution in [0, 0.1) is 12.8 Å². The van der Waals surface area contributed by atoms with Crippen molar-refractivity contribution in [2.24, 2.45) is 5.92 Å². The molecular weight excluding hydrogens is 392 g/mol. The molecular formula is C22H25ClN2O4. The van der Waals surface area contributed by atoms with Crippen molar-refractivity contribution in [3.63, 3.8) is 0 Å². The smallest absolute Gasteiger partial charge is 0.329 e. The Morgan fingerprint density at radius 1 is 1.00 bits per heavy atom. The highest BCUT2D eigenvalue weighted by Gasteiger charge is 2.29. The molecule has 6 nitrogen and oxygen atoms in total. The number of nitrogens with one attached hydrogen (secondary N) is 2. The molecule has 0 spiro atoms. The van der Waals surface area contributed by atoms with Gasteiger partial charge >= 0.3 is 5.97 Å². The van der Waals surface area contributed by atoms with Crippen molar-refractivity contribution >= 4 is 35.1 Å². The molecule has 0 aliphatic rings. The van der Waals surface area contributed by atoms with Crippen LogP contribution < -0.4 is 10.6 Å². The molecule has 2 atom stereocenters. The molecule has 7 heteroatoms. The number of hydrogen-bond donors (Lipinski definition) is 2. The number of esters is 1. The summed E-state index contributed by atoms with van der Waals surface area (Å²) in [7, 11) is 0. The molecule has 0 saturated carbocycles. The van der Waals surface area contributed by atoms with Crippen molar-refractivity contribution < 1.29 is 19.1 Å². The molecule has 0 saturated heterocycles. The number of ether oxygens (including phenoxy) is 1. The van der Waals surface area contributed by atoms with E-state index in [2.05, 4.69) is 10.6 Å². The fourth-order valence-corrected chi connectivity index (χ4v) is 2.85. The number of hydrogen-bond acceptors (Lipinski definition) is 4. The highest BCUT2D eigenvalue weighted by molar-refractivity contribution is 6.30. The number of anilines is 1. The van der Waals surface area contributed by atoms with Crippen molar-refractivity contribution in [2.45, 2.75) is 39.8 Å². The van der Waals surface area contributed by atoms with Crippen molar-refractivity contribution in [1.29, 1.82) is 0 Å². The number of halogens is 1. The van der Waals surface area contributed by atoms with Crippen molar-refractivity contribution in [3.8, 4) is 0 Å². The highest BCUT2D eigenvalue weighted by Crippen LogP contribution is 2.16. The fourth-order valence-electron chi connectivity index (χ4n) is 2.66. The van der Waals surface area contributed by atoms with Crippen LogP contribution in [0.5, 0.6) is 0 Å². The number of carbonyl (C=O) groups is 3. The topological polar surface area (TPSA) is 84.5 Å². The summed E-state index contributed by atoms with van der Waals surface area (Å²) >= 11 is 5.90. The van der Waals surface area contributed by atoms with Crippen molar-refractivity contribution in [1.82, 2.24) is 5.32 Å². The molecule has 0 heterocycles. The van der Waals surface area contributed by atoms with E-state index in [0.717, 1.165) is 5.56 Å². The Bertz CT molecular complexity index is 898. The summed E-state index contributed by atoms with van der Waals surface area (Å²) in [5.41, 5.74) is 1.78. The predicted molar refractivity (Wildman–Crippen MR) is 113 cm³/mol. The zero-order chi connectivity index (χ0) is 21.6. The van der Waals surface area contributed by atoms with E-state index >= 15 is 0 Å². The minimum absolute atomic E-state index is 0.223.